The normalized spacial score (nSPS) is 14.9. The van der Waals surface area contributed by atoms with Crippen LogP contribution >= 0.6 is 15.9 Å². The van der Waals surface area contributed by atoms with Crippen molar-refractivity contribution in [2.45, 2.75) is 38.4 Å². The maximum absolute atomic E-state index is 11.3. The minimum Gasteiger partial charge on any atom is -0.306 e. The summed E-state index contributed by atoms with van der Waals surface area (Å²) in [6, 6.07) is 3.79. The number of halogens is 1. The van der Waals surface area contributed by atoms with E-state index in [9.17, 15) is 8.76 Å². The Morgan fingerprint density at radius 1 is 1.41 bits per heavy atom. The van der Waals surface area contributed by atoms with Gasteiger partial charge >= 0.3 is 0 Å². The van der Waals surface area contributed by atoms with Gasteiger partial charge in [0.2, 0.25) is 0 Å². The minimum atomic E-state index is -1.77. The van der Waals surface area contributed by atoms with E-state index in [1.165, 1.54) is 0 Å². The van der Waals surface area contributed by atoms with E-state index in [4.69, 9.17) is 0 Å². The Balaban J connectivity index is 2.60. The summed E-state index contributed by atoms with van der Waals surface area (Å²) in [5.74, 6) is 0.559. The fraction of sp³-hybridized carbons (Fsp3) is 0.583. The van der Waals surface area contributed by atoms with Gasteiger partial charge in [-0.15, -0.1) is 0 Å². The Kier molecular flexibility index (Phi) is 6.30. The van der Waals surface area contributed by atoms with Crippen molar-refractivity contribution in [2.24, 2.45) is 5.92 Å². The monoisotopic (exact) mass is 319 g/mol. The average molecular weight is 320 g/mol. The van der Waals surface area contributed by atoms with Crippen molar-refractivity contribution in [2.75, 3.05) is 0 Å². The Labute approximate surface area is 113 Å². The van der Waals surface area contributed by atoms with Gasteiger partial charge in [0.25, 0.3) is 0 Å². The van der Waals surface area contributed by atoms with Crippen LogP contribution in [-0.2, 0) is 17.5 Å². The number of pyridine rings is 1. The Morgan fingerprint density at radius 3 is 2.59 bits per heavy atom. The molecule has 1 rings (SSSR count). The van der Waals surface area contributed by atoms with Crippen LogP contribution in [0.4, 0.5) is 0 Å². The van der Waals surface area contributed by atoms with E-state index in [0.29, 0.717) is 12.3 Å². The molecule has 3 nitrogen and oxygen atoms in total. The van der Waals surface area contributed by atoms with Crippen LogP contribution in [0.1, 0.15) is 32.3 Å². The molecule has 1 aromatic rings. The van der Waals surface area contributed by atoms with Crippen LogP contribution in [0.5, 0.6) is 0 Å². The summed E-state index contributed by atoms with van der Waals surface area (Å²) in [7, 11) is 0. The lowest BCUT2D eigenvalue weighted by molar-refractivity contribution is 0.503. The number of nitrogens with zero attached hydrogens (tertiary/aromatic N) is 1. The van der Waals surface area contributed by atoms with Crippen molar-refractivity contribution in [3.05, 3.63) is 28.5 Å². The lowest BCUT2D eigenvalue weighted by Gasteiger charge is -2.14. The zero-order valence-corrected chi connectivity index (χ0v) is 12.5. The molecule has 2 atom stereocenters. The number of hydrogen-bond donors (Lipinski definition) is 1. The van der Waals surface area contributed by atoms with Crippen LogP contribution in [0.3, 0.4) is 0 Å². The van der Waals surface area contributed by atoms with Gasteiger partial charge in [-0.05, 0) is 52.7 Å². The summed E-state index contributed by atoms with van der Waals surface area (Å²) in [6.07, 6.45) is 4.10. The summed E-state index contributed by atoms with van der Waals surface area (Å²) in [5.41, 5.74) is 1.00. The molecule has 0 aliphatic heterocycles. The van der Waals surface area contributed by atoms with Crippen LogP contribution in [0.25, 0.3) is 0 Å². The molecule has 0 fully saturated rings. The van der Waals surface area contributed by atoms with Crippen LogP contribution in [0, 0.1) is 5.92 Å². The molecule has 0 aromatic carbocycles. The quantitative estimate of drug-likeness (QED) is 0.645. The lowest BCUT2D eigenvalue weighted by Crippen LogP contribution is -2.18. The molecule has 0 saturated carbocycles. The molecule has 0 aliphatic carbocycles. The van der Waals surface area contributed by atoms with Gasteiger partial charge in [0.1, 0.15) is 4.60 Å². The zero-order valence-electron chi connectivity index (χ0n) is 10.1. The fourth-order valence-electron chi connectivity index (χ4n) is 1.58. The largest absolute Gasteiger partial charge is 0.306 e. The molecule has 1 aromatic heterocycles. The van der Waals surface area contributed by atoms with Crippen molar-refractivity contribution in [3.8, 4) is 0 Å². The van der Waals surface area contributed by atoms with E-state index in [-0.39, 0.29) is 5.25 Å². The number of aromatic nitrogens is 1. The molecular formula is C12H18BrNO2S. The summed E-state index contributed by atoms with van der Waals surface area (Å²) in [4.78, 5) is 4.12. The highest BCUT2D eigenvalue weighted by atomic mass is 79.9. The van der Waals surface area contributed by atoms with Crippen molar-refractivity contribution in [3.63, 3.8) is 0 Å². The Hall–Kier alpha value is -0.260. The van der Waals surface area contributed by atoms with Crippen LogP contribution in [-0.4, -0.2) is 19.0 Å². The second-order valence-corrected chi connectivity index (χ2v) is 6.59. The molecule has 96 valence electrons. The third kappa shape index (κ3) is 5.75. The second-order valence-electron chi connectivity index (χ2n) is 4.56. The van der Waals surface area contributed by atoms with Gasteiger partial charge in [-0.3, -0.25) is 0 Å². The standard InChI is InChI=1S/C12H18BrNO2S/c1-9(2)3-5-11(17(15)16)7-10-4-6-12(13)14-8-10/h4,6,8-9,11H,3,5,7H2,1-2H3,(H,15,16)/t11-/m0/s1. The molecule has 0 aliphatic rings. The van der Waals surface area contributed by atoms with Crippen molar-refractivity contribution >= 4 is 27.0 Å². The predicted octanol–water partition coefficient (Wildman–Crippen LogP) is 3.41. The van der Waals surface area contributed by atoms with Gasteiger partial charge < -0.3 is 4.55 Å². The van der Waals surface area contributed by atoms with Gasteiger partial charge in [-0.25, -0.2) is 9.19 Å². The van der Waals surface area contributed by atoms with E-state index in [1.54, 1.807) is 6.20 Å². The minimum absolute atomic E-state index is 0.194. The average Bonchev–Trinajstić information content (AvgIpc) is 2.26. The van der Waals surface area contributed by atoms with E-state index in [1.807, 2.05) is 12.1 Å². The molecule has 1 unspecified atom stereocenters. The summed E-state index contributed by atoms with van der Waals surface area (Å²) < 4.78 is 21.3. The first-order valence-electron chi connectivity index (χ1n) is 5.69. The maximum Gasteiger partial charge on any atom is 0.156 e. The molecule has 0 saturated heterocycles. The van der Waals surface area contributed by atoms with Gasteiger partial charge in [0.15, 0.2) is 11.1 Å². The molecular weight excluding hydrogens is 302 g/mol. The third-order valence-electron chi connectivity index (χ3n) is 2.60. The highest BCUT2D eigenvalue weighted by Crippen LogP contribution is 2.16. The first-order chi connectivity index (χ1) is 7.99. The fourth-order valence-corrected chi connectivity index (χ4v) is 2.49. The molecule has 1 N–H and O–H groups in total. The molecule has 0 radical (unpaired) electrons. The second kappa shape index (κ2) is 7.24. The predicted molar refractivity (Wildman–Crippen MR) is 74.3 cm³/mol. The van der Waals surface area contributed by atoms with E-state index in [0.717, 1.165) is 23.0 Å². The van der Waals surface area contributed by atoms with Crippen LogP contribution < -0.4 is 0 Å². The van der Waals surface area contributed by atoms with Crippen molar-refractivity contribution in [1.82, 2.24) is 4.98 Å². The summed E-state index contributed by atoms with van der Waals surface area (Å²) in [6.45, 7) is 4.25. The van der Waals surface area contributed by atoms with E-state index < -0.39 is 11.1 Å². The maximum atomic E-state index is 11.3. The lowest BCUT2D eigenvalue weighted by atomic mass is 10.0. The highest BCUT2D eigenvalue weighted by Gasteiger charge is 2.16. The molecule has 5 heteroatoms. The molecule has 17 heavy (non-hydrogen) atoms. The first kappa shape index (κ1) is 14.8. The van der Waals surface area contributed by atoms with Gasteiger partial charge in [0.05, 0.1) is 5.25 Å². The smallest absolute Gasteiger partial charge is 0.156 e. The van der Waals surface area contributed by atoms with E-state index >= 15 is 0 Å². The van der Waals surface area contributed by atoms with Gasteiger partial charge in [-0.2, -0.15) is 0 Å². The van der Waals surface area contributed by atoms with Gasteiger partial charge in [-0.1, -0.05) is 19.9 Å². The zero-order chi connectivity index (χ0) is 12.8. The topological polar surface area (TPSA) is 50.2 Å². The third-order valence-corrected chi connectivity index (χ3v) is 4.04. The summed E-state index contributed by atoms with van der Waals surface area (Å²) >= 11 is 1.50. The first-order valence-corrected chi connectivity index (χ1v) is 7.65. The Morgan fingerprint density at radius 2 is 2.12 bits per heavy atom. The van der Waals surface area contributed by atoms with Crippen LogP contribution in [0.15, 0.2) is 22.9 Å². The van der Waals surface area contributed by atoms with E-state index in [2.05, 4.69) is 34.8 Å². The summed E-state index contributed by atoms with van der Waals surface area (Å²) in [5, 5.41) is -0.194. The number of rotatable bonds is 6. The highest BCUT2D eigenvalue weighted by molar-refractivity contribution is 9.10. The molecule has 1 heterocycles. The van der Waals surface area contributed by atoms with Crippen molar-refractivity contribution < 1.29 is 8.76 Å². The molecule has 0 bridgehead atoms. The Bertz CT molecular complexity index is 367. The SMILES string of the molecule is CC(C)CC[C@@H](Cc1ccc(Br)nc1)S(=O)O. The van der Waals surface area contributed by atoms with Crippen molar-refractivity contribution in [1.29, 1.82) is 0 Å². The van der Waals surface area contributed by atoms with Crippen LogP contribution in [0.2, 0.25) is 0 Å². The molecule has 0 amide bonds. The number of hydrogen-bond acceptors (Lipinski definition) is 2. The van der Waals surface area contributed by atoms with Gasteiger partial charge in [0, 0.05) is 6.20 Å². The molecule has 0 spiro atoms.